The molecule has 0 saturated heterocycles. The molecule has 0 fully saturated rings. The van der Waals surface area contributed by atoms with E-state index in [-0.39, 0.29) is 6.04 Å². The first-order chi connectivity index (χ1) is 7.13. The Kier molecular flexibility index (Phi) is 3.44. The maximum absolute atomic E-state index is 6.12. The lowest BCUT2D eigenvalue weighted by molar-refractivity contribution is 0.787. The van der Waals surface area contributed by atoms with Gasteiger partial charge in [-0.2, -0.15) is 0 Å². The zero-order chi connectivity index (χ0) is 11.0. The summed E-state index contributed by atoms with van der Waals surface area (Å²) >= 11 is 8.33. The van der Waals surface area contributed by atoms with Crippen molar-refractivity contribution in [3.05, 3.63) is 29.0 Å². The Morgan fingerprint density at radius 2 is 2.40 bits per heavy atom. The van der Waals surface area contributed by atoms with Crippen molar-refractivity contribution in [3.63, 3.8) is 0 Å². The minimum absolute atomic E-state index is 0.141. The van der Waals surface area contributed by atoms with E-state index in [2.05, 4.69) is 26.2 Å². The molecule has 2 N–H and O–H groups in total. The van der Waals surface area contributed by atoms with Crippen molar-refractivity contribution in [2.75, 3.05) is 0 Å². The van der Waals surface area contributed by atoms with Crippen molar-refractivity contribution in [2.45, 2.75) is 13.0 Å². The molecule has 2 rings (SSSR count). The molecular formula is C9H9ClIN3S. The number of rotatable bonds is 2. The number of aromatic nitrogens is 2. The number of hydrogen-bond donors (Lipinski definition) is 1. The van der Waals surface area contributed by atoms with E-state index in [0.29, 0.717) is 5.02 Å². The van der Waals surface area contributed by atoms with Gasteiger partial charge in [-0.15, -0.1) is 0 Å². The zero-order valence-electron chi connectivity index (χ0n) is 7.95. The summed E-state index contributed by atoms with van der Waals surface area (Å²) in [6, 6.07) is 3.73. The summed E-state index contributed by atoms with van der Waals surface area (Å²) in [5.74, 6) is 0. The monoisotopic (exact) mass is 353 g/mol. The molecule has 6 heteroatoms. The van der Waals surface area contributed by atoms with E-state index in [1.54, 1.807) is 9.12 Å². The van der Waals surface area contributed by atoms with Crippen LogP contribution in [0.15, 0.2) is 18.3 Å². The molecule has 3 nitrogen and oxygen atoms in total. The van der Waals surface area contributed by atoms with Gasteiger partial charge in [0.05, 0.1) is 21.7 Å². The van der Waals surface area contributed by atoms with Crippen LogP contribution in [0.4, 0.5) is 0 Å². The molecule has 2 aromatic heterocycles. The van der Waals surface area contributed by atoms with Gasteiger partial charge < -0.3 is 5.73 Å². The predicted octanol–water partition coefficient (Wildman–Crippen LogP) is 3.56. The third-order valence-electron chi connectivity index (χ3n) is 2.12. The highest BCUT2D eigenvalue weighted by atomic mass is 127. The van der Waals surface area contributed by atoms with Gasteiger partial charge in [0.25, 0.3) is 0 Å². The zero-order valence-corrected chi connectivity index (χ0v) is 11.7. The van der Waals surface area contributed by atoms with Crippen LogP contribution in [-0.4, -0.2) is 8.96 Å². The molecular weight excluding hydrogens is 345 g/mol. The first kappa shape index (κ1) is 11.5. The smallest absolute Gasteiger partial charge is 0.0895 e. The van der Waals surface area contributed by atoms with Gasteiger partial charge in [0, 0.05) is 42.6 Å². The van der Waals surface area contributed by atoms with Gasteiger partial charge in [0.1, 0.15) is 0 Å². The summed E-state index contributed by atoms with van der Waals surface area (Å²) in [6.07, 6.45) is 1.97. The van der Waals surface area contributed by atoms with Crippen LogP contribution in [-0.2, 0) is 0 Å². The Bertz CT molecular complexity index is 497. The van der Waals surface area contributed by atoms with E-state index in [1.165, 1.54) is 0 Å². The maximum atomic E-state index is 6.12. The molecule has 2 aromatic rings. The predicted molar refractivity (Wildman–Crippen MR) is 74.4 cm³/mol. The number of hydrogen-bond acceptors (Lipinski definition) is 3. The standard InChI is InChI=1S/C9H9ClIN3S/c1-5(12)9-6(10)4-8-7(13-9)2-3-14(8)15-11/h2-5H,12H2,1H3. The van der Waals surface area contributed by atoms with Crippen molar-refractivity contribution in [3.8, 4) is 0 Å². The minimum Gasteiger partial charge on any atom is -0.323 e. The SMILES string of the molecule is CC(N)c1nc2ccn(SI)c2cc1Cl. The topological polar surface area (TPSA) is 43.8 Å². The van der Waals surface area contributed by atoms with Crippen molar-refractivity contribution >= 4 is 53.0 Å². The van der Waals surface area contributed by atoms with Crippen LogP contribution in [0, 0.1) is 0 Å². The van der Waals surface area contributed by atoms with Gasteiger partial charge in [-0.25, -0.2) is 4.98 Å². The third-order valence-corrected chi connectivity index (χ3v) is 4.17. The molecule has 0 aliphatic heterocycles. The number of nitrogens with zero attached hydrogens (tertiary/aromatic N) is 2. The van der Waals surface area contributed by atoms with Crippen LogP contribution in [0.3, 0.4) is 0 Å². The number of halogens is 2. The van der Waals surface area contributed by atoms with Crippen LogP contribution in [0.5, 0.6) is 0 Å². The molecule has 80 valence electrons. The van der Waals surface area contributed by atoms with E-state index in [9.17, 15) is 0 Å². The van der Waals surface area contributed by atoms with Crippen LogP contribution < -0.4 is 5.73 Å². The van der Waals surface area contributed by atoms with Gasteiger partial charge in [-0.3, -0.25) is 3.97 Å². The van der Waals surface area contributed by atoms with Crippen molar-refractivity contribution in [2.24, 2.45) is 5.73 Å². The fourth-order valence-electron chi connectivity index (χ4n) is 1.41. The summed E-state index contributed by atoms with van der Waals surface area (Å²) in [5, 5.41) is 0.628. The van der Waals surface area contributed by atoms with E-state index >= 15 is 0 Å². The third kappa shape index (κ3) is 2.11. The highest BCUT2D eigenvalue weighted by molar-refractivity contribution is 14.2. The van der Waals surface area contributed by atoms with Crippen molar-refractivity contribution in [1.29, 1.82) is 0 Å². The van der Waals surface area contributed by atoms with Gasteiger partial charge in [-0.05, 0) is 19.1 Å². The average molecular weight is 354 g/mol. The summed E-state index contributed by atoms with van der Waals surface area (Å²) in [5.41, 5.74) is 8.48. The summed E-state index contributed by atoms with van der Waals surface area (Å²) in [7, 11) is 1.58. The molecule has 0 radical (unpaired) electrons. The average Bonchev–Trinajstić information content (AvgIpc) is 2.58. The van der Waals surface area contributed by atoms with Crippen LogP contribution >= 0.6 is 41.9 Å². The number of pyridine rings is 1. The Labute approximate surface area is 109 Å². The lowest BCUT2D eigenvalue weighted by Gasteiger charge is -2.07. The molecule has 0 bridgehead atoms. The molecule has 1 atom stereocenters. The number of nitrogens with two attached hydrogens (primary N) is 1. The summed E-state index contributed by atoms with van der Waals surface area (Å²) < 4.78 is 2.01. The second kappa shape index (κ2) is 4.48. The van der Waals surface area contributed by atoms with E-state index in [4.69, 9.17) is 17.3 Å². The lowest BCUT2D eigenvalue weighted by atomic mass is 10.2. The molecule has 0 aliphatic rings. The van der Waals surface area contributed by atoms with Gasteiger partial charge in [0.2, 0.25) is 0 Å². The van der Waals surface area contributed by atoms with Crippen molar-refractivity contribution < 1.29 is 0 Å². The van der Waals surface area contributed by atoms with Crippen molar-refractivity contribution in [1.82, 2.24) is 8.96 Å². The minimum atomic E-state index is -0.141. The molecule has 0 amide bonds. The molecule has 0 saturated carbocycles. The van der Waals surface area contributed by atoms with E-state index < -0.39 is 0 Å². The highest BCUT2D eigenvalue weighted by Gasteiger charge is 2.11. The maximum Gasteiger partial charge on any atom is 0.0895 e. The Hall–Kier alpha value is 0.0200. The van der Waals surface area contributed by atoms with Gasteiger partial charge in [0.15, 0.2) is 0 Å². The molecule has 0 aliphatic carbocycles. The fourth-order valence-corrected chi connectivity index (χ4v) is 3.08. The number of fused-ring (bicyclic) bond motifs is 1. The quantitative estimate of drug-likeness (QED) is 0.840. The Balaban J connectivity index is 2.67. The fraction of sp³-hybridized carbons (Fsp3) is 0.222. The largest absolute Gasteiger partial charge is 0.323 e. The normalized spacial score (nSPS) is 13.3. The first-order valence-corrected chi connectivity index (χ1v) is 8.05. The molecule has 1 unspecified atom stereocenters. The molecule has 0 aromatic carbocycles. The van der Waals surface area contributed by atoms with Crippen LogP contribution in [0.2, 0.25) is 5.02 Å². The summed E-state index contributed by atoms with van der Waals surface area (Å²) in [6.45, 7) is 1.88. The van der Waals surface area contributed by atoms with Gasteiger partial charge in [-0.1, -0.05) is 11.6 Å². The van der Waals surface area contributed by atoms with Gasteiger partial charge >= 0.3 is 0 Å². The Morgan fingerprint density at radius 3 is 3.00 bits per heavy atom. The van der Waals surface area contributed by atoms with E-state index in [0.717, 1.165) is 16.7 Å². The molecule has 15 heavy (non-hydrogen) atoms. The van der Waals surface area contributed by atoms with Crippen LogP contribution in [0.25, 0.3) is 11.0 Å². The summed E-state index contributed by atoms with van der Waals surface area (Å²) in [4.78, 5) is 4.45. The van der Waals surface area contributed by atoms with Crippen LogP contribution in [0.1, 0.15) is 18.7 Å². The Morgan fingerprint density at radius 1 is 1.67 bits per heavy atom. The second-order valence-corrected chi connectivity index (χ2v) is 5.38. The molecule has 2 heterocycles. The first-order valence-electron chi connectivity index (χ1n) is 4.35. The highest BCUT2D eigenvalue weighted by Crippen LogP contribution is 2.28. The second-order valence-electron chi connectivity index (χ2n) is 3.26. The lowest BCUT2D eigenvalue weighted by Crippen LogP contribution is -2.08. The molecule has 0 spiro atoms. The van der Waals surface area contributed by atoms with E-state index in [1.807, 2.05) is 29.2 Å².